The highest BCUT2D eigenvalue weighted by Crippen LogP contribution is 2.25. The molecule has 0 atom stereocenters. The second kappa shape index (κ2) is 5.77. The van der Waals surface area contributed by atoms with E-state index in [1.54, 1.807) is 42.5 Å². The van der Waals surface area contributed by atoms with Gasteiger partial charge in [-0.1, -0.05) is 41.4 Å². The lowest BCUT2D eigenvalue weighted by atomic mass is 10.3. The minimum Gasteiger partial charge on any atom is -0.350 e. The number of nitrogens with two attached hydrogens (primary N) is 1. The number of para-hydroxylation sites is 1. The van der Waals surface area contributed by atoms with Gasteiger partial charge in [0.15, 0.2) is 0 Å². The van der Waals surface area contributed by atoms with Gasteiger partial charge < -0.3 is 5.73 Å². The molecule has 0 unspecified atom stereocenters. The first-order valence-electron chi connectivity index (χ1n) is 5.31. The number of anilines is 2. The van der Waals surface area contributed by atoms with Gasteiger partial charge in [0.1, 0.15) is 11.0 Å². The Bertz CT molecular complexity index is 606. The van der Waals surface area contributed by atoms with Crippen LogP contribution in [0.3, 0.4) is 0 Å². The van der Waals surface area contributed by atoms with E-state index in [0.717, 1.165) is 5.01 Å². The average Bonchev–Trinajstić information content (AvgIpc) is 2.37. The van der Waals surface area contributed by atoms with Gasteiger partial charge >= 0.3 is 6.03 Å². The minimum atomic E-state index is -0.713. The SMILES string of the molecule is NC(=O)N(Nc1cccc(Cl)n1)c1ccccc1Cl. The quantitative estimate of drug-likeness (QED) is 0.674. The van der Waals surface area contributed by atoms with Gasteiger partial charge in [0.2, 0.25) is 0 Å². The maximum absolute atomic E-state index is 11.5. The molecule has 2 amide bonds. The number of primary amides is 1. The Morgan fingerprint density at radius 2 is 1.89 bits per heavy atom. The van der Waals surface area contributed by atoms with E-state index in [0.29, 0.717) is 21.7 Å². The molecule has 3 N–H and O–H groups in total. The lowest BCUT2D eigenvalue weighted by Crippen LogP contribution is -2.40. The Morgan fingerprint density at radius 3 is 2.53 bits per heavy atom. The molecule has 19 heavy (non-hydrogen) atoms. The maximum atomic E-state index is 11.5. The third-order valence-electron chi connectivity index (χ3n) is 2.26. The molecular formula is C12H10Cl2N4O. The summed E-state index contributed by atoms with van der Waals surface area (Å²) < 4.78 is 0. The fraction of sp³-hybridized carbons (Fsp3) is 0. The van der Waals surface area contributed by atoms with Crippen LogP contribution in [0.15, 0.2) is 42.5 Å². The van der Waals surface area contributed by atoms with Crippen LogP contribution in [-0.4, -0.2) is 11.0 Å². The first kappa shape index (κ1) is 13.5. The fourth-order valence-corrected chi connectivity index (χ4v) is 1.84. The molecular weight excluding hydrogens is 287 g/mol. The predicted molar refractivity (Wildman–Crippen MR) is 76.4 cm³/mol. The third kappa shape index (κ3) is 3.27. The number of pyridine rings is 1. The zero-order valence-electron chi connectivity index (χ0n) is 9.68. The summed E-state index contributed by atoms with van der Waals surface area (Å²) in [7, 11) is 0. The number of carbonyl (C=O) groups is 1. The summed E-state index contributed by atoms with van der Waals surface area (Å²) in [6.45, 7) is 0. The number of amides is 2. The fourth-order valence-electron chi connectivity index (χ4n) is 1.45. The number of nitrogens with zero attached hydrogens (tertiary/aromatic N) is 2. The van der Waals surface area contributed by atoms with E-state index in [9.17, 15) is 4.79 Å². The predicted octanol–water partition coefficient (Wildman–Crippen LogP) is 3.30. The number of nitrogens with one attached hydrogen (secondary N) is 1. The summed E-state index contributed by atoms with van der Waals surface area (Å²) in [5.74, 6) is 0.381. The van der Waals surface area contributed by atoms with Crippen molar-refractivity contribution in [2.75, 3.05) is 10.4 Å². The third-order valence-corrected chi connectivity index (χ3v) is 2.79. The number of benzene rings is 1. The van der Waals surface area contributed by atoms with Crippen LogP contribution < -0.4 is 16.2 Å². The minimum absolute atomic E-state index is 0.300. The highest BCUT2D eigenvalue weighted by Gasteiger charge is 2.15. The van der Waals surface area contributed by atoms with E-state index < -0.39 is 6.03 Å². The topological polar surface area (TPSA) is 71.2 Å². The zero-order chi connectivity index (χ0) is 13.8. The molecule has 0 aliphatic rings. The molecule has 0 spiro atoms. The highest BCUT2D eigenvalue weighted by molar-refractivity contribution is 6.33. The summed E-state index contributed by atoms with van der Waals surface area (Å²) in [5, 5.41) is 1.78. The van der Waals surface area contributed by atoms with Crippen molar-refractivity contribution >= 4 is 40.7 Å². The molecule has 0 saturated heterocycles. The van der Waals surface area contributed by atoms with Crippen LogP contribution in [0, 0.1) is 0 Å². The van der Waals surface area contributed by atoms with Crippen molar-refractivity contribution in [2.45, 2.75) is 0 Å². The number of aromatic nitrogens is 1. The zero-order valence-corrected chi connectivity index (χ0v) is 11.2. The molecule has 0 radical (unpaired) electrons. The lowest BCUT2D eigenvalue weighted by molar-refractivity contribution is 0.255. The number of carbonyl (C=O) groups excluding carboxylic acids is 1. The Morgan fingerprint density at radius 1 is 1.16 bits per heavy atom. The molecule has 0 aliphatic carbocycles. The van der Waals surface area contributed by atoms with Crippen LogP contribution in [0.1, 0.15) is 0 Å². The van der Waals surface area contributed by atoms with E-state index in [2.05, 4.69) is 10.4 Å². The van der Waals surface area contributed by atoms with Crippen molar-refractivity contribution in [1.82, 2.24) is 4.98 Å². The molecule has 0 fully saturated rings. The summed E-state index contributed by atoms with van der Waals surface area (Å²) in [4.78, 5) is 15.5. The van der Waals surface area contributed by atoms with Crippen LogP contribution in [-0.2, 0) is 0 Å². The first-order valence-corrected chi connectivity index (χ1v) is 6.07. The molecule has 0 saturated carbocycles. The Balaban J connectivity index is 2.32. The summed E-state index contributed by atoms with van der Waals surface area (Å²) in [6.07, 6.45) is 0. The van der Waals surface area contributed by atoms with E-state index in [1.807, 2.05) is 0 Å². The summed E-state index contributed by atoms with van der Waals surface area (Å²) >= 11 is 11.8. The second-order valence-electron chi connectivity index (χ2n) is 3.58. The average molecular weight is 297 g/mol. The Kier molecular flexibility index (Phi) is 4.09. The molecule has 0 aliphatic heterocycles. The van der Waals surface area contributed by atoms with Crippen molar-refractivity contribution in [3.63, 3.8) is 0 Å². The number of hydrogen-bond donors (Lipinski definition) is 2. The van der Waals surface area contributed by atoms with Crippen LogP contribution in [0.5, 0.6) is 0 Å². The van der Waals surface area contributed by atoms with Gasteiger partial charge in [-0.25, -0.2) is 14.8 Å². The molecule has 0 bridgehead atoms. The molecule has 1 aromatic carbocycles. The molecule has 1 heterocycles. The van der Waals surface area contributed by atoms with Gasteiger partial charge in [-0.3, -0.25) is 5.43 Å². The van der Waals surface area contributed by atoms with E-state index in [-0.39, 0.29) is 0 Å². The number of hydrogen-bond acceptors (Lipinski definition) is 3. The Labute approximate surface area is 119 Å². The van der Waals surface area contributed by atoms with Gasteiger partial charge in [-0.15, -0.1) is 0 Å². The monoisotopic (exact) mass is 296 g/mol. The van der Waals surface area contributed by atoms with E-state index in [1.165, 1.54) is 0 Å². The summed E-state index contributed by atoms with van der Waals surface area (Å²) in [5.41, 5.74) is 8.51. The van der Waals surface area contributed by atoms with Gasteiger partial charge in [-0.05, 0) is 24.3 Å². The van der Waals surface area contributed by atoms with Gasteiger partial charge in [0, 0.05) is 0 Å². The normalized spacial score (nSPS) is 10.0. The number of halogens is 2. The van der Waals surface area contributed by atoms with Gasteiger partial charge in [-0.2, -0.15) is 0 Å². The smallest absolute Gasteiger partial charge is 0.338 e. The molecule has 2 rings (SSSR count). The van der Waals surface area contributed by atoms with E-state index >= 15 is 0 Å². The standard InChI is InChI=1S/C12H10Cl2N4O/c13-8-4-1-2-5-9(8)18(12(15)19)17-11-7-3-6-10(14)16-11/h1-7H,(H2,15,19)(H,16,17). The molecule has 5 nitrogen and oxygen atoms in total. The maximum Gasteiger partial charge on any atom is 0.338 e. The molecule has 1 aromatic heterocycles. The summed E-state index contributed by atoms with van der Waals surface area (Å²) in [6, 6.07) is 11.1. The van der Waals surface area contributed by atoms with Crippen molar-refractivity contribution < 1.29 is 4.79 Å². The van der Waals surface area contributed by atoms with Gasteiger partial charge in [0.25, 0.3) is 0 Å². The van der Waals surface area contributed by atoms with Crippen LogP contribution >= 0.6 is 23.2 Å². The second-order valence-corrected chi connectivity index (χ2v) is 4.38. The van der Waals surface area contributed by atoms with Crippen LogP contribution in [0.2, 0.25) is 10.2 Å². The number of hydrazine groups is 1. The van der Waals surface area contributed by atoms with Crippen LogP contribution in [0.4, 0.5) is 16.3 Å². The Hall–Kier alpha value is -1.98. The highest BCUT2D eigenvalue weighted by atomic mass is 35.5. The van der Waals surface area contributed by atoms with Crippen LogP contribution in [0.25, 0.3) is 0 Å². The molecule has 7 heteroatoms. The molecule has 2 aromatic rings. The van der Waals surface area contributed by atoms with E-state index in [4.69, 9.17) is 28.9 Å². The first-order chi connectivity index (χ1) is 9.08. The van der Waals surface area contributed by atoms with Crippen molar-refractivity contribution in [3.05, 3.63) is 52.6 Å². The molecule has 98 valence electrons. The van der Waals surface area contributed by atoms with Crippen molar-refractivity contribution in [3.8, 4) is 0 Å². The lowest BCUT2D eigenvalue weighted by Gasteiger charge is -2.22. The number of urea groups is 1. The van der Waals surface area contributed by atoms with Crippen molar-refractivity contribution in [1.29, 1.82) is 0 Å². The number of rotatable bonds is 3. The largest absolute Gasteiger partial charge is 0.350 e. The van der Waals surface area contributed by atoms with Gasteiger partial charge in [0.05, 0.1) is 10.7 Å². The van der Waals surface area contributed by atoms with Crippen molar-refractivity contribution in [2.24, 2.45) is 5.73 Å².